The average molecular weight is 341 g/mol. The molecule has 0 unspecified atom stereocenters. The minimum atomic E-state index is 0.363. The summed E-state index contributed by atoms with van der Waals surface area (Å²) >= 11 is 0. The molecule has 134 valence electrons. The van der Waals surface area contributed by atoms with Gasteiger partial charge in [0.15, 0.2) is 0 Å². The van der Waals surface area contributed by atoms with E-state index in [-0.39, 0.29) is 0 Å². The number of methoxy groups -OCH3 is 1. The predicted molar refractivity (Wildman–Crippen MR) is 96.6 cm³/mol. The van der Waals surface area contributed by atoms with Crippen molar-refractivity contribution in [3.05, 3.63) is 47.3 Å². The summed E-state index contributed by atoms with van der Waals surface area (Å²) in [5, 5.41) is 4.70. The molecule has 0 radical (unpaired) electrons. The van der Waals surface area contributed by atoms with Gasteiger partial charge in [-0.1, -0.05) is 12.1 Å². The number of fused-ring (bicyclic) bond motifs is 1. The van der Waals surface area contributed by atoms with Gasteiger partial charge >= 0.3 is 0 Å². The normalized spacial score (nSPS) is 20.5. The molecule has 0 N–H and O–H groups in total. The van der Waals surface area contributed by atoms with Crippen molar-refractivity contribution in [2.24, 2.45) is 13.0 Å². The number of hydrogen-bond acceptors (Lipinski definition) is 4. The van der Waals surface area contributed by atoms with Crippen molar-refractivity contribution in [2.75, 3.05) is 26.9 Å². The molecule has 1 aromatic carbocycles. The van der Waals surface area contributed by atoms with Gasteiger partial charge in [0.2, 0.25) is 0 Å². The lowest BCUT2D eigenvalue weighted by atomic mass is 9.97. The van der Waals surface area contributed by atoms with Crippen LogP contribution in [0.25, 0.3) is 0 Å². The van der Waals surface area contributed by atoms with E-state index in [1.165, 1.54) is 29.7 Å². The van der Waals surface area contributed by atoms with Crippen LogP contribution < -0.4 is 4.74 Å². The first-order valence-corrected chi connectivity index (χ1v) is 9.16. The van der Waals surface area contributed by atoms with Crippen molar-refractivity contribution >= 4 is 0 Å². The quantitative estimate of drug-likeness (QED) is 0.776. The molecule has 1 saturated carbocycles. The number of ether oxygens (including phenoxy) is 2. The van der Waals surface area contributed by atoms with Crippen molar-refractivity contribution in [2.45, 2.75) is 31.8 Å². The zero-order valence-corrected chi connectivity index (χ0v) is 15.1. The summed E-state index contributed by atoms with van der Waals surface area (Å²) in [5.74, 6) is 2.08. The van der Waals surface area contributed by atoms with Gasteiger partial charge in [0.25, 0.3) is 0 Å². The SMILES string of the molecule is COc1ccc(CN2Cc3cn(C)nc3[C@H](COCC3CC3)C2)cc1. The lowest BCUT2D eigenvalue weighted by Gasteiger charge is -2.32. The van der Waals surface area contributed by atoms with Crippen LogP contribution in [0.5, 0.6) is 5.75 Å². The number of benzene rings is 1. The fourth-order valence-electron chi connectivity index (χ4n) is 3.63. The standard InChI is InChI=1S/C20H27N3O2/c1-22-10-17-11-23(9-15-5-7-19(24-2)8-6-15)12-18(20(17)21-22)14-25-13-16-3-4-16/h5-8,10,16,18H,3-4,9,11-14H2,1-2H3/t18-/m0/s1. The average Bonchev–Trinajstić information content (AvgIpc) is 3.35. The van der Waals surface area contributed by atoms with Crippen LogP contribution in [-0.2, 0) is 24.9 Å². The zero-order chi connectivity index (χ0) is 17.2. The fourth-order valence-corrected chi connectivity index (χ4v) is 3.63. The van der Waals surface area contributed by atoms with Crippen LogP contribution in [0.4, 0.5) is 0 Å². The van der Waals surface area contributed by atoms with Gasteiger partial charge in [-0.25, -0.2) is 0 Å². The Morgan fingerprint density at radius 3 is 2.68 bits per heavy atom. The van der Waals surface area contributed by atoms with E-state index in [4.69, 9.17) is 14.6 Å². The van der Waals surface area contributed by atoms with Crippen LogP contribution in [0.15, 0.2) is 30.5 Å². The molecule has 0 amide bonds. The molecule has 1 aliphatic heterocycles. The molecule has 1 atom stereocenters. The molecule has 5 heteroatoms. The lowest BCUT2D eigenvalue weighted by molar-refractivity contribution is 0.0881. The number of nitrogens with zero attached hydrogens (tertiary/aromatic N) is 3. The van der Waals surface area contributed by atoms with E-state index in [0.29, 0.717) is 5.92 Å². The number of hydrogen-bond donors (Lipinski definition) is 0. The molecule has 2 aliphatic rings. The molecule has 4 rings (SSSR count). The van der Waals surface area contributed by atoms with Crippen molar-refractivity contribution in [1.82, 2.24) is 14.7 Å². The molecular formula is C20H27N3O2. The topological polar surface area (TPSA) is 39.5 Å². The maximum Gasteiger partial charge on any atom is 0.118 e. The molecule has 2 aromatic rings. The summed E-state index contributed by atoms with van der Waals surface area (Å²) < 4.78 is 13.2. The van der Waals surface area contributed by atoms with Gasteiger partial charge < -0.3 is 9.47 Å². The number of aromatic nitrogens is 2. The first kappa shape index (κ1) is 16.6. The van der Waals surface area contributed by atoms with Crippen LogP contribution in [-0.4, -0.2) is 41.5 Å². The van der Waals surface area contributed by atoms with Gasteiger partial charge in [0.05, 0.1) is 19.4 Å². The smallest absolute Gasteiger partial charge is 0.118 e. The monoisotopic (exact) mass is 341 g/mol. The van der Waals surface area contributed by atoms with Crippen molar-refractivity contribution in [3.8, 4) is 5.75 Å². The van der Waals surface area contributed by atoms with E-state index in [1.54, 1.807) is 7.11 Å². The van der Waals surface area contributed by atoms with Crippen molar-refractivity contribution < 1.29 is 9.47 Å². The minimum absolute atomic E-state index is 0.363. The molecule has 2 heterocycles. The van der Waals surface area contributed by atoms with E-state index >= 15 is 0 Å². The molecule has 0 bridgehead atoms. The van der Waals surface area contributed by atoms with E-state index in [0.717, 1.165) is 44.5 Å². The molecule has 1 aromatic heterocycles. The highest BCUT2D eigenvalue weighted by Crippen LogP contribution is 2.31. The molecule has 1 aliphatic carbocycles. The Morgan fingerprint density at radius 2 is 1.96 bits per heavy atom. The Hall–Kier alpha value is -1.85. The van der Waals surface area contributed by atoms with Gasteiger partial charge in [-0.2, -0.15) is 5.10 Å². The summed E-state index contributed by atoms with van der Waals surface area (Å²) in [6.07, 6.45) is 4.83. The predicted octanol–water partition coefficient (Wildman–Crippen LogP) is 2.95. The maximum absolute atomic E-state index is 6.00. The Bertz CT molecular complexity index is 706. The Labute approximate surface area is 149 Å². The molecule has 1 fully saturated rings. The van der Waals surface area contributed by atoms with E-state index in [2.05, 4.69) is 23.2 Å². The first-order valence-electron chi connectivity index (χ1n) is 9.16. The Balaban J connectivity index is 1.43. The Morgan fingerprint density at radius 1 is 1.16 bits per heavy atom. The van der Waals surface area contributed by atoms with Crippen LogP contribution in [0.3, 0.4) is 0 Å². The number of rotatable bonds is 7. The van der Waals surface area contributed by atoms with E-state index in [1.807, 2.05) is 23.9 Å². The van der Waals surface area contributed by atoms with Crippen LogP contribution in [0.1, 0.15) is 35.6 Å². The van der Waals surface area contributed by atoms with E-state index in [9.17, 15) is 0 Å². The highest BCUT2D eigenvalue weighted by atomic mass is 16.5. The zero-order valence-electron chi connectivity index (χ0n) is 15.1. The third-order valence-electron chi connectivity index (χ3n) is 5.13. The largest absolute Gasteiger partial charge is 0.497 e. The summed E-state index contributed by atoms with van der Waals surface area (Å²) in [7, 11) is 3.71. The molecule has 0 spiro atoms. The van der Waals surface area contributed by atoms with Gasteiger partial charge in [-0.15, -0.1) is 0 Å². The van der Waals surface area contributed by atoms with E-state index < -0.39 is 0 Å². The highest BCUT2D eigenvalue weighted by molar-refractivity contribution is 5.28. The first-order chi connectivity index (χ1) is 12.2. The summed E-state index contributed by atoms with van der Waals surface area (Å²) in [4.78, 5) is 2.50. The third-order valence-corrected chi connectivity index (χ3v) is 5.13. The summed E-state index contributed by atoms with van der Waals surface area (Å²) in [6.45, 7) is 4.59. The third kappa shape index (κ3) is 4.05. The molecular weight excluding hydrogens is 314 g/mol. The second kappa shape index (κ2) is 7.18. The fraction of sp³-hybridized carbons (Fsp3) is 0.550. The second-order valence-corrected chi connectivity index (χ2v) is 7.41. The molecule has 0 saturated heterocycles. The van der Waals surface area contributed by atoms with Gasteiger partial charge in [-0.3, -0.25) is 9.58 Å². The van der Waals surface area contributed by atoms with Crippen LogP contribution >= 0.6 is 0 Å². The highest BCUT2D eigenvalue weighted by Gasteiger charge is 2.29. The molecule has 5 nitrogen and oxygen atoms in total. The van der Waals surface area contributed by atoms with Crippen LogP contribution in [0, 0.1) is 5.92 Å². The van der Waals surface area contributed by atoms with Gasteiger partial charge in [0.1, 0.15) is 5.75 Å². The van der Waals surface area contributed by atoms with Crippen molar-refractivity contribution in [3.63, 3.8) is 0 Å². The maximum atomic E-state index is 6.00. The second-order valence-electron chi connectivity index (χ2n) is 7.41. The summed E-state index contributed by atoms with van der Waals surface area (Å²) in [5.41, 5.74) is 3.87. The number of aryl methyl sites for hydroxylation is 1. The van der Waals surface area contributed by atoms with Gasteiger partial charge in [0, 0.05) is 51.0 Å². The van der Waals surface area contributed by atoms with Crippen molar-refractivity contribution in [1.29, 1.82) is 0 Å². The summed E-state index contributed by atoms with van der Waals surface area (Å²) in [6, 6.07) is 8.36. The lowest BCUT2D eigenvalue weighted by Crippen LogP contribution is -2.35. The van der Waals surface area contributed by atoms with Crippen LogP contribution in [0.2, 0.25) is 0 Å². The molecule has 25 heavy (non-hydrogen) atoms. The van der Waals surface area contributed by atoms with Gasteiger partial charge in [-0.05, 0) is 36.5 Å². The minimum Gasteiger partial charge on any atom is -0.497 e. The Kier molecular flexibility index (Phi) is 4.77.